The summed E-state index contributed by atoms with van der Waals surface area (Å²) in [6.45, 7) is 11.5. The first-order valence-electron chi connectivity index (χ1n) is 8.44. The van der Waals surface area contributed by atoms with Gasteiger partial charge >= 0.3 is 0 Å². The molecular weight excluding hydrogens is 314 g/mol. The van der Waals surface area contributed by atoms with Crippen LogP contribution in [0.1, 0.15) is 47.6 Å². The third kappa shape index (κ3) is 4.44. The molecule has 0 spiro atoms. The van der Waals surface area contributed by atoms with Crippen LogP contribution in [-0.4, -0.2) is 21.6 Å². The summed E-state index contributed by atoms with van der Waals surface area (Å²) in [5.41, 5.74) is 3.90. The Balaban J connectivity index is 2.17. The zero-order valence-corrected chi connectivity index (χ0v) is 15.3. The fourth-order valence-corrected chi connectivity index (χ4v) is 2.71. The molecule has 0 bridgehead atoms. The highest BCUT2D eigenvalue weighted by Crippen LogP contribution is 2.17. The Kier molecular flexibility index (Phi) is 5.91. The molecule has 0 fully saturated rings. The highest BCUT2D eigenvalue weighted by molar-refractivity contribution is 5.97. The van der Waals surface area contributed by atoms with Crippen molar-refractivity contribution < 1.29 is 9.59 Å². The van der Waals surface area contributed by atoms with Crippen LogP contribution in [0, 0.1) is 19.8 Å². The molecule has 1 heterocycles. The van der Waals surface area contributed by atoms with Gasteiger partial charge < -0.3 is 5.32 Å². The summed E-state index contributed by atoms with van der Waals surface area (Å²) in [6, 6.07) is 6.89. The van der Waals surface area contributed by atoms with E-state index in [1.807, 2.05) is 27.7 Å². The van der Waals surface area contributed by atoms with Gasteiger partial charge in [0.05, 0.1) is 5.69 Å². The van der Waals surface area contributed by atoms with Gasteiger partial charge in [0.1, 0.15) is 0 Å². The standard InChI is InChI=1S/C20H25N3O2/c1-6-7-18-14(4)22-23(15(18)5)20(25)16-8-10-17(11-9-16)21-19(24)12-13(2)3/h6,8-11,13H,1,7,12H2,2-5H3,(H,21,24). The van der Waals surface area contributed by atoms with Crippen molar-refractivity contribution >= 4 is 17.5 Å². The zero-order chi connectivity index (χ0) is 18.6. The van der Waals surface area contributed by atoms with Gasteiger partial charge in [-0.25, -0.2) is 4.68 Å². The van der Waals surface area contributed by atoms with Crippen molar-refractivity contribution in [2.24, 2.45) is 5.92 Å². The summed E-state index contributed by atoms with van der Waals surface area (Å²) in [5, 5.41) is 7.19. The van der Waals surface area contributed by atoms with E-state index in [-0.39, 0.29) is 11.8 Å². The Morgan fingerprint density at radius 2 is 1.88 bits per heavy atom. The van der Waals surface area contributed by atoms with E-state index in [0.717, 1.165) is 17.0 Å². The van der Waals surface area contributed by atoms with Gasteiger partial charge in [0.15, 0.2) is 0 Å². The molecule has 0 radical (unpaired) electrons. The Bertz CT molecular complexity index is 786. The fourth-order valence-electron chi connectivity index (χ4n) is 2.71. The van der Waals surface area contributed by atoms with Crippen LogP contribution < -0.4 is 5.32 Å². The normalized spacial score (nSPS) is 10.8. The number of aromatic nitrogens is 2. The number of nitrogens with zero attached hydrogens (tertiary/aromatic N) is 2. The molecule has 0 aliphatic carbocycles. The monoisotopic (exact) mass is 339 g/mol. The Morgan fingerprint density at radius 1 is 1.24 bits per heavy atom. The molecule has 0 aliphatic heterocycles. The molecule has 0 saturated heterocycles. The van der Waals surface area contributed by atoms with E-state index in [9.17, 15) is 9.59 Å². The molecule has 0 saturated carbocycles. The molecule has 0 atom stereocenters. The van der Waals surface area contributed by atoms with Gasteiger partial charge in [-0.05, 0) is 50.5 Å². The lowest BCUT2D eigenvalue weighted by Crippen LogP contribution is -2.16. The van der Waals surface area contributed by atoms with Crippen molar-refractivity contribution in [2.75, 3.05) is 5.32 Å². The zero-order valence-electron chi connectivity index (χ0n) is 15.3. The lowest BCUT2D eigenvalue weighted by molar-refractivity contribution is -0.116. The van der Waals surface area contributed by atoms with Crippen LogP contribution >= 0.6 is 0 Å². The van der Waals surface area contributed by atoms with Crippen molar-refractivity contribution in [2.45, 2.75) is 40.5 Å². The van der Waals surface area contributed by atoms with Crippen LogP contribution in [0.15, 0.2) is 36.9 Å². The summed E-state index contributed by atoms with van der Waals surface area (Å²) in [6.07, 6.45) is 2.96. The van der Waals surface area contributed by atoms with Crippen LogP contribution in [0.5, 0.6) is 0 Å². The maximum Gasteiger partial charge on any atom is 0.278 e. The van der Waals surface area contributed by atoms with E-state index in [4.69, 9.17) is 0 Å². The van der Waals surface area contributed by atoms with Crippen molar-refractivity contribution in [1.29, 1.82) is 0 Å². The molecule has 2 rings (SSSR count). The quantitative estimate of drug-likeness (QED) is 0.812. The number of benzene rings is 1. The van der Waals surface area contributed by atoms with Crippen LogP contribution in [0.2, 0.25) is 0 Å². The minimum atomic E-state index is -0.184. The van der Waals surface area contributed by atoms with Crippen molar-refractivity contribution in [3.05, 3.63) is 59.4 Å². The van der Waals surface area contributed by atoms with Gasteiger partial charge in [0.2, 0.25) is 5.91 Å². The van der Waals surface area contributed by atoms with Gasteiger partial charge in [-0.3, -0.25) is 9.59 Å². The summed E-state index contributed by atoms with van der Waals surface area (Å²) < 4.78 is 1.43. The van der Waals surface area contributed by atoms with E-state index < -0.39 is 0 Å². The number of anilines is 1. The molecular formula is C20H25N3O2. The third-order valence-electron chi connectivity index (χ3n) is 3.99. The maximum atomic E-state index is 12.7. The summed E-state index contributed by atoms with van der Waals surface area (Å²) >= 11 is 0. The number of hydrogen-bond acceptors (Lipinski definition) is 3. The highest BCUT2D eigenvalue weighted by Gasteiger charge is 2.17. The Morgan fingerprint density at radius 3 is 2.44 bits per heavy atom. The first-order valence-corrected chi connectivity index (χ1v) is 8.44. The van der Waals surface area contributed by atoms with E-state index in [0.29, 0.717) is 30.0 Å². The van der Waals surface area contributed by atoms with Gasteiger partial charge in [-0.15, -0.1) is 6.58 Å². The minimum Gasteiger partial charge on any atom is -0.326 e. The number of carbonyl (C=O) groups excluding carboxylic acids is 2. The molecule has 1 aromatic heterocycles. The molecule has 1 amide bonds. The molecule has 132 valence electrons. The Labute approximate surface area is 148 Å². The second-order valence-electron chi connectivity index (χ2n) is 6.58. The molecule has 5 heteroatoms. The predicted octanol–water partition coefficient (Wildman–Crippen LogP) is 3.90. The number of amides is 1. The average molecular weight is 339 g/mol. The SMILES string of the molecule is C=CCc1c(C)nn(C(=O)c2ccc(NC(=O)CC(C)C)cc2)c1C. The van der Waals surface area contributed by atoms with Crippen molar-refractivity contribution in [3.63, 3.8) is 0 Å². The molecule has 0 unspecified atom stereocenters. The number of allylic oxidation sites excluding steroid dienone is 1. The van der Waals surface area contributed by atoms with Gasteiger partial charge in [-0.2, -0.15) is 5.10 Å². The Hall–Kier alpha value is -2.69. The van der Waals surface area contributed by atoms with Gasteiger partial charge in [0, 0.05) is 28.9 Å². The number of rotatable bonds is 6. The second kappa shape index (κ2) is 7.92. The van der Waals surface area contributed by atoms with Crippen LogP contribution in [0.25, 0.3) is 0 Å². The first-order chi connectivity index (χ1) is 11.8. The van der Waals surface area contributed by atoms with Gasteiger partial charge in [0.25, 0.3) is 5.91 Å². The third-order valence-corrected chi connectivity index (χ3v) is 3.99. The lowest BCUT2D eigenvalue weighted by Gasteiger charge is -2.08. The average Bonchev–Trinajstić information content (AvgIpc) is 2.82. The molecule has 5 nitrogen and oxygen atoms in total. The van der Waals surface area contributed by atoms with Crippen molar-refractivity contribution in [1.82, 2.24) is 9.78 Å². The second-order valence-corrected chi connectivity index (χ2v) is 6.58. The maximum absolute atomic E-state index is 12.7. The smallest absolute Gasteiger partial charge is 0.278 e. The lowest BCUT2D eigenvalue weighted by atomic mass is 10.1. The van der Waals surface area contributed by atoms with Crippen LogP contribution in [0.4, 0.5) is 5.69 Å². The molecule has 25 heavy (non-hydrogen) atoms. The fraction of sp³-hybridized carbons (Fsp3) is 0.350. The number of aryl methyl sites for hydroxylation is 1. The van der Waals surface area contributed by atoms with Crippen molar-refractivity contribution in [3.8, 4) is 0 Å². The highest BCUT2D eigenvalue weighted by atomic mass is 16.2. The predicted molar refractivity (Wildman–Crippen MR) is 99.9 cm³/mol. The topological polar surface area (TPSA) is 64.0 Å². The van der Waals surface area contributed by atoms with Gasteiger partial charge in [-0.1, -0.05) is 19.9 Å². The summed E-state index contributed by atoms with van der Waals surface area (Å²) in [4.78, 5) is 24.5. The first kappa shape index (κ1) is 18.6. The van der Waals surface area contributed by atoms with Crippen LogP contribution in [-0.2, 0) is 11.2 Å². The molecule has 0 aliphatic rings. The summed E-state index contributed by atoms with van der Waals surface area (Å²) in [7, 11) is 0. The molecule has 2 aromatic rings. The largest absolute Gasteiger partial charge is 0.326 e. The molecule has 1 aromatic carbocycles. The van der Waals surface area contributed by atoms with E-state index in [1.165, 1.54) is 4.68 Å². The molecule has 1 N–H and O–H groups in total. The van der Waals surface area contributed by atoms with Crippen LogP contribution in [0.3, 0.4) is 0 Å². The van der Waals surface area contributed by atoms with E-state index >= 15 is 0 Å². The number of hydrogen-bond donors (Lipinski definition) is 1. The van der Waals surface area contributed by atoms with E-state index in [2.05, 4.69) is 17.0 Å². The summed E-state index contributed by atoms with van der Waals surface area (Å²) in [5.74, 6) is 0.0919. The number of nitrogens with one attached hydrogen (secondary N) is 1. The van der Waals surface area contributed by atoms with E-state index in [1.54, 1.807) is 30.3 Å². The number of carbonyl (C=O) groups is 2. The minimum absolute atomic E-state index is 0.0262.